The van der Waals surface area contributed by atoms with Gasteiger partial charge in [-0.1, -0.05) is 6.92 Å². The van der Waals surface area contributed by atoms with Crippen molar-refractivity contribution in [3.63, 3.8) is 0 Å². The number of aliphatic hydroxyl groups is 1. The Morgan fingerprint density at radius 3 is 2.70 bits per heavy atom. The normalized spacial score (nSPS) is 30.3. The summed E-state index contributed by atoms with van der Waals surface area (Å²) in [6.45, 7) is 3.96. The minimum atomic E-state index is -0.489. The molecule has 0 aromatic carbocycles. The van der Waals surface area contributed by atoms with Crippen molar-refractivity contribution >= 4 is 11.8 Å². The van der Waals surface area contributed by atoms with E-state index < -0.39 is 6.10 Å². The molecule has 1 aliphatic carbocycles. The lowest BCUT2D eigenvalue weighted by Gasteiger charge is -2.34. The molecule has 0 aromatic heterocycles. The molecule has 0 spiro atoms. The lowest BCUT2D eigenvalue weighted by atomic mass is 9.95. The lowest BCUT2D eigenvalue weighted by Crippen LogP contribution is -2.48. The van der Waals surface area contributed by atoms with Crippen LogP contribution in [0.4, 0.5) is 0 Å². The maximum absolute atomic E-state index is 12.4. The monoisotopic (exact) mass is 282 g/mol. The highest BCUT2D eigenvalue weighted by Crippen LogP contribution is 2.29. The molecule has 1 heterocycles. The molecule has 3 atom stereocenters. The first-order valence-corrected chi connectivity index (χ1v) is 7.88. The molecule has 114 valence electrons. The Morgan fingerprint density at radius 1 is 1.25 bits per heavy atom. The van der Waals surface area contributed by atoms with Crippen LogP contribution in [0, 0.1) is 11.8 Å². The molecule has 3 unspecified atom stereocenters. The lowest BCUT2D eigenvalue weighted by molar-refractivity contribution is -0.141. The summed E-state index contributed by atoms with van der Waals surface area (Å²) in [6, 6.07) is 0. The van der Waals surface area contributed by atoms with Crippen molar-refractivity contribution < 1.29 is 14.7 Å². The van der Waals surface area contributed by atoms with Crippen LogP contribution in [0.25, 0.3) is 0 Å². The van der Waals surface area contributed by atoms with Crippen LogP contribution < -0.4 is 5.32 Å². The molecular formula is C15H26N2O3. The van der Waals surface area contributed by atoms with Crippen LogP contribution in [0.15, 0.2) is 0 Å². The maximum Gasteiger partial charge on any atom is 0.228 e. The number of aliphatic hydroxyl groups excluding tert-OH is 1. The number of nitrogens with zero attached hydrogens (tertiary/aromatic N) is 1. The Bertz CT molecular complexity index is 359. The molecule has 1 saturated heterocycles. The number of amides is 2. The first-order valence-electron chi connectivity index (χ1n) is 7.88. The molecule has 2 fully saturated rings. The molecule has 2 amide bonds. The zero-order valence-corrected chi connectivity index (χ0v) is 12.3. The molecular weight excluding hydrogens is 256 g/mol. The molecule has 20 heavy (non-hydrogen) atoms. The number of likely N-dealkylation sites (tertiary alicyclic amines) is 1. The number of carbonyl (C=O) groups excluding carboxylic acids is 2. The molecule has 2 rings (SSSR count). The topological polar surface area (TPSA) is 69.6 Å². The van der Waals surface area contributed by atoms with Gasteiger partial charge in [0.1, 0.15) is 0 Å². The summed E-state index contributed by atoms with van der Waals surface area (Å²) in [5.41, 5.74) is 0. The quantitative estimate of drug-likeness (QED) is 0.805. The smallest absolute Gasteiger partial charge is 0.228 e. The fraction of sp³-hybridized carbons (Fsp3) is 0.867. The van der Waals surface area contributed by atoms with Gasteiger partial charge in [0.15, 0.2) is 0 Å². The molecule has 2 aliphatic rings. The van der Waals surface area contributed by atoms with E-state index in [0.29, 0.717) is 13.1 Å². The third-order valence-corrected chi connectivity index (χ3v) is 4.45. The van der Waals surface area contributed by atoms with Crippen molar-refractivity contribution in [2.45, 2.75) is 51.6 Å². The van der Waals surface area contributed by atoms with Gasteiger partial charge in [0.05, 0.1) is 17.9 Å². The van der Waals surface area contributed by atoms with Crippen LogP contribution in [-0.2, 0) is 9.59 Å². The van der Waals surface area contributed by atoms with Gasteiger partial charge in [-0.05, 0) is 38.5 Å². The van der Waals surface area contributed by atoms with E-state index in [1.54, 1.807) is 4.90 Å². The van der Waals surface area contributed by atoms with Crippen molar-refractivity contribution in [1.29, 1.82) is 0 Å². The summed E-state index contributed by atoms with van der Waals surface area (Å²) in [5.74, 6) is -0.218. The highest BCUT2D eigenvalue weighted by atomic mass is 16.3. The number of hydrogen-bond acceptors (Lipinski definition) is 3. The highest BCUT2D eigenvalue weighted by Gasteiger charge is 2.37. The number of nitrogens with one attached hydrogen (secondary N) is 1. The van der Waals surface area contributed by atoms with Gasteiger partial charge < -0.3 is 15.3 Å². The largest absolute Gasteiger partial charge is 0.392 e. The summed E-state index contributed by atoms with van der Waals surface area (Å²) in [4.78, 5) is 26.2. The average molecular weight is 282 g/mol. The zero-order chi connectivity index (χ0) is 14.5. The van der Waals surface area contributed by atoms with Crippen LogP contribution in [0.5, 0.6) is 0 Å². The molecule has 0 bridgehead atoms. The Morgan fingerprint density at radius 2 is 2.05 bits per heavy atom. The molecule has 5 nitrogen and oxygen atoms in total. The van der Waals surface area contributed by atoms with Gasteiger partial charge >= 0.3 is 0 Å². The van der Waals surface area contributed by atoms with Gasteiger partial charge in [-0.3, -0.25) is 9.59 Å². The van der Waals surface area contributed by atoms with E-state index in [-0.39, 0.29) is 23.7 Å². The van der Waals surface area contributed by atoms with Crippen LogP contribution in [0.2, 0.25) is 0 Å². The average Bonchev–Trinajstić information content (AvgIpc) is 2.90. The predicted molar refractivity (Wildman–Crippen MR) is 76.0 cm³/mol. The van der Waals surface area contributed by atoms with E-state index in [0.717, 1.165) is 45.1 Å². The van der Waals surface area contributed by atoms with E-state index in [4.69, 9.17) is 0 Å². The fourth-order valence-electron chi connectivity index (χ4n) is 3.25. The summed E-state index contributed by atoms with van der Waals surface area (Å²) in [6.07, 6.45) is 4.59. The van der Waals surface area contributed by atoms with Crippen molar-refractivity contribution in [1.82, 2.24) is 10.2 Å². The number of piperidine rings is 1. The van der Waals surface area contributed by atoms with Crippen LogP contribution in [0.3, 0.4) is 0 Å². The Kier molecular flexibility index (Phi) is 5.40. The van der Waals surface area contributed by atoms with Gasteiger partial charge in [-0.25, -0.2) is 0 Å². The Labute approximate surface area is 120 Å². The summed E-state index contributed by atoms with van der Waals surface area (Å²) in [5, 5.41) is 12.8. The van der Waals surface area contributed by atoms with Crippen LogP contribution >= 0.6 is 0 Å². The molecule has 2 N–H and O–H groups in total. The Balaban J connectivity index is 1.89. The molecule has 1 aliphatic heterocycles. The van der Waals surface area contributed by atoms with Crippen molar-refractivity contribution in [3.05, 3.63) is 0 Å². The summed E-state index contributed by atoms with van der Waals surface area (Å²) >= 11 is 0. The van der Waals surface area contributed by atoms with E-state index in [1.807, 2.05) is 6.92 Å². The van der Waals surface area contributed by atoms with Crippen molar-refractivity contribution in [2.24, 2.45) is 11.8 Å². The fourth-order valence-corrected chi connectivity index (χ4v) is 3.25. The summed E-state index contributed by atoms with van der Waals surface area (Å²) in [7, 11) is 0. The molecule has 0 aromatic rings. The predicted octanol–water partition coefficient (Wildman–Crippen LogP) is 0.912. The first-order chi connectivity index (χ1) is 9.63. The van der Waals surface area contributed by atoms with Crippen LogP contribution in [-0.4, -0.2) is 47.6 Å². The van der Waals surface area contributed by atoms with Crippen molar-refractivity contribution in [3.8, 4) is 0 Å². The minimum absolute atomic E-state index is 0.0444. The molecule has 0 radical (unpaired) electrons. The van der Waals surface area contributed by atoms with Crippen LogP contribution in [0.1, 0.15) is 45.4 Å². The SMILES string of the molecule is CCCNC(=O)C1CCCN(C(=O)C2CCCC2O)C1. The second kappa shape index (κ2) is 7.07. The second-order valence-electron chi connectivity index (χ2n) is 6.02. The van der Waals surface area contributed by atoms with E-state index in [1.165, 1.54) is 0 Å². The third kappa shape index (κ3) is 3.51. The van der Waals surface area contributed by atoms with E-state index in [2.05, 4.69) is 5.32 Å². The van der Waals surface area contributed by atoms with Gasteiger partial charge in [0.25, 0.3) is 0 Å². The zero-order valence-electron chi connectivity index (χ0n) is 12.3. The highest BCUT2D eigenvalue weighted by molar-refractivity contribution is 5.82. The number of hydrogen-bond donors (Lipinski definition) is 2. The third-order valence-electron chi connectivity index (χ3n) is 4.45. The Hall–Kier alpha value is -1.10. The first kappa shape index (κ1) is 15.3. The second-order valence-corrected chi connectivity index (χ2v) is 6.02. The molecule has 1 saturated carbocycles. The summed E-state index contributed by atoms with van der Waals surface area (Å²) < 4.78 is 0. The van der Waals surface area contributed by atoms with Crippen molar-refractivity contribution in [2.75, 3.05) is 19.6 Å². The van der Waals surface area contributed by atoms with Gasteiger partial charge in [-0.2, -0.15) is 0 Å². The molecule has 5 heteroatoms. The van der Waals surface area contributed by atoms with Gasteiger partial charge in [-0.15, -0.1) is 0 Å². The number of carbonyl (C=O) groups is 2. The maximum atomic E-state index is 12.4. The standard InChI is InChI=1S/C15H26N2O3/c1-2-8-16-14(19)11-5-4-9-17(10-11)15(20)12-6-3-7-13(12)18/h11-13,18H,2-10H2,1H3,(H,16,19). The minimum Gasteiger partial charge on any atom is -0.392 e. The van der Waals surface area contributed by atoms with Gasteiger partial charge in [0.2, 0.25) is 11.8 Å². The number of rotatable bonds is 4. The van der Waals surface area contributed by atoms with E-state index in [9.17, 15) is 14.7 Å². The van der Waals surface area contributed by atoms with E-state index >= 15 is 0 Å². The van der Waals surface area contributed by atoms with Gasteiger partial charge in [0, 0.05) is 19.6 Å².